The van der Waals surface area contributed by atoms with Gasteiger partial charge >= 0.3 is 5.97 Å². The molecule has 8 heteroatoms. The number of carboxylic acid groups (broad SMARTS) is 1. The van der Waals surface area contributed by atoms with E-state index in [-0.39, 0.29) is 36.4 Å². The first-order valence-electron chi connectivity index (χ1n) is 11.8. The molecule has 2 aliphatic heterocycles. The molecule has 3 rings (SSSR count). The predicted molar refractivity (Wildman–Crippen MR) is 120 cm³/mol. The van der Waals surface area contributed by atoms with Crippen LogP contribution in [0.25, 0.3) is 0 Å². The third kappa shape index (κ3) is 7.29. The molecule has 0 aliphatic carbocycles. The maximum Gasteiger partial charge on any atom is 0.303 e. The van der Waals surface area contributed by atoms with Gasteiger partial charge in [-0.3, -0.25) is 19.7 Å². The number of anilines is 1. The number of nitrogens with zero attached hydrogens (tertiary/aromatic N) is 1. The molecule has 1 atom stereocenters. The molecular weight excluding hydrogens is 413 g/mol. The summed E-state index contributed by atoms with van der Waals surface area (Å²) in [6, 6.07) is 4.58. The first kappa shape index (κ1) is 24.2. The van der Waals surface area contributed by atoms with Crippen molar-refractivity contribution < 1.29 is 23.9 Å². The van der Waals surface area contributed by atoms with Gasteiger partial charge in [0.1, 0.15) is 11.9 Å². The number of nitrogens with one attached hydrogen (secondary N) is 2. The number of halogens is 1. The van der Waals surface area contributed by atoms with Crippen LogP contribution in [0.2, 0.25) is 0 Å². The highest BCUT2D eigenvalue weighted by atomic mass is 19.1. The normalized spacial score (nSPS) is 20.2. The summed E-state index contributed by atoms with van der Waals surface area (Å²) in [4.78, 5) is 36.1. The monoisotopic (exact) mass is 447 g/mol. The minimum atomic E-state index is -0.718. The van der Waals surface area contributed by atoms with Gasteiger partial charge in [0, 0.05) is 18.5 Å². The van der Waals surface area contributed by atoms with E-state index in [1.165, 1.54) is 6.07 Å². The molecule has 3 N–H and O–H groups in total. The summed E-state index contributed by atoms with van der Waals surface area (Å²) in [6.45, 7) is 2.96. The molecule has 0 radical (unpaired) electrons. The minimum Gasteiger partial charge on any atom is -0.481 e. The molecule has 2 saturated heterocycles. The maximum absolute atomic E-state index is 14.8. The van der Waals surface area contributed by atoms with Gasteiger partial charge in [0.05, 0.1) is 0 Å². The molecule has 0 bridgehead atoms. The number of likely N-dealkylation sites (tertiary alicyclic amines) is 1. The fourth-order valence-electron chi connectivity index (χ4n) is 4.59. The Morgan fingerprint density at radius 2 is 1.81 bits per heavy atom. The Morgan fingerprint density at radius 3 is 2.50 bits per heavy atom. The lowest BCUT2D eigenvalue weighted by Crippen LogP contribution is -2.47. The number of hydrogen-bond donors (Lipinski definition) is 3. The molecule has 1 unspecified atom stereocenters. The first-order chi connectivity index (χ1) is 15.4. The van der Waals surface area contributed by atoms with E-state index in [1.54, 1.807) is 0 Å². The van der Waals surface area contributed by atoms with E-state index in [0.29, 0.717) is 12.1 Å². The van der Waals surface area contributed by atoms with Crippen molar-refractivity contribution in [2.24, 2.45) is 0 Å². The van der Waals surface area contributed by atoms with Gasteiger partial charge in [0.15, 0.2) is 0 Å². The van der Waals surface area contributed by atoms with Crippen molar-refractivity contribution >= 4 is 23.5 Å². The Hall–Kier alpha value is -2.48. The van der Waals surface area contributed by atoms with E-state index in [0.717, 1.165) is 70.1 Å². The summed E-state index contributed by atoms with van der Waals surface area (Å²) >= 11 is 0. The number of aliphatic carboxylic acids is 1. The van der Waals surface area contributed by atoms with Crippen molar-refractivity contribution in [3.63, 3.8) is 0 Å². The molecule has 0 aromatic heterocycles. The number of unbranched alkanes of at least 4 members (excludes halogenated alkanes) is 4. The quantitative estimate of drug-likeness (QED) is 0.354. The van der Waals surface area contributed by atoms with Gasteiger partial charge in [0.25, 0.3) is 0 Å². The second-order valence-electron chi connectivity index (χ2n) is 8.91. The molecular formula is C24H34FN3O4. The summed E-state index contributed by atoms with van der Waals surface area (Å²) in [5, 5.41) is 14.0. The van der Waals surface area contributed by atoms with E-state index in [1.807, 2.05) is 12.1 Å². The average molecular weight is 448 g/mol. The van der Waals surface area contributed by atoms with Crippen LogP contribution in [0.1, 0.15) is 75.7 Å². The fourth-order valence-corrected chi connectivity index (χ4v) is 4.59. The number of benzene rings is 1. The van der Waals surface area contributed by atoms with Crippen molar-refractivity contribution in [1.82, 2.24) is 10.2 Å². The maximum atomic E-state index is 14.8. The number of carboxylic acids is 1. The predicted octanol–water partition coefficient (Wildman–Crippen LogP) is 3.65. The highest BCUT2D eigenvalue weighted by molar-refractivity contribution is 6.01. The SMILES string of the molecule is O=C(O)CCCCCCCN1CCC(c2ccc(NC3CCC(=O)NC3=O)cc2F)CC1. The molecule has 1 aromatic rings. The van der Waals surface area contributed by atoms with Crippen LogP contribution in [0.4, 0.5) is 10.1 Å². The zero-order valence-corrected chi connectivity index (χ0v) is 18.6. The van der Waals surface area contributed by atoms with Crippen molar-refractivity contribution in [1.29, 1.82) is 0 Å². The van der Waals surface area contributed by atoms with Crippen molar-refractivity contribution in [3.05, 3.63) is 29.6 Å². The number of hydrogen-bond acceptors (Lipinski definition) is 5. The molecule has 2 aliphatic rings. The molecule has 7 nitrogen and oxygen atoms in total. The molecule has 32 heavy (non-hydrogen) atoms. The fraction of sp³-hybridized carbons (Fsp3) is 0.625. The van der Waals surface area contributed by atoms with Gasteiger partial charge in [-0.25, -0.2) is 4.39 Å². The average Bonchev–Trinajstić information content (AvgIpc) is 2.75. The number of rotatable bonds is 11. The van der Waals surface area contributed by atoms with Crippen LogP contribution in [-0.4, -0.2) is 53.5 Å². The number of imide groups is 1. The van der Waals surface area contributed by atoms with Crippen molar-refractivity contribution in [2.75, 3.05) is 25.0 Å². The van der Waals surface area contributed by atoms with Gasteiger partial charge in [0.2, 0.25) is 11.8 Å². The highest BCUT2D eigenvalue weighted by Gasteiger charge is 2.27. The van der Waals surface area contributed by atoms with Crippen molar-refractivity contribution in [3.8, 4) is 0 Å². The smallest absolute Gasteiger partial charge is 0.303 e. The Morgan fingerprint density at radius 1 is 1.09 bits per heavy atom. The first-order valence-corrected chi connectivity index (χ1v) is 11.8. The minimum absolute atomic E-state index is 0.201. The highest BCUT2D eigenvalue weighted by Crippen LogP contribution is 2.31. The zero-order chi connectivity index (χ0) is 22.9. The molecule has 2 amide bonds. The molecule has 176 valence electrons. The lowest BCUT2D eigenvalue weighted by Gasteiger charge is -2.32. The molecule has 0 saturated carbocycles. The zero-order valence-electron chi connectivity index (χ0n) is 18.6. The summed E-state index contributed by atoms with van der Waals surface area (Å²) in [7, 11) is 0. The second kappa shape index (κ2) is 11.9. The molecule has 2 heterocycles. The van der Waals surface area contributed by atoms with Crippen LogP contribution in [-0.2, 0) is 14.4 Å². The summed E-state index contributed by atoms with van der Waals surface area (Å²) < 4.78 is 14.8. The number of piperidine rings is 2. The lowest BCUT2D eigenvalue weighted by atomic mass is 9.88. The van der Waals surface area contributed by atoms with Gasteiger partial charge in [-0.1, -0.05) is 25.3 Å². The van der Waals surface area contributed by atoms with E-state index < -0.39 is 12.0 Å². The standard InChI is InChI=1S/C24H34FN3O4/c25-20-16-18(26-21-9-10-22(29)27-24(21)32)7-8-19(20)17-11-14-28(15-12-17)13-5-3-1-2-4-6-23(30)31/h7-8,16-17,21,26H,1-6,9-15H2,(H,30,31)(H,27,29,32). The summed E-state index contributed by atoms with van der Waals surface area (Å²) in [5.41, 5.74) is 1.29. The molecule has 0 spiro atoms. The van der Waals surface area contributed by atoms with Crippen LogP contribution in [0, 0.1) is 5.82 Å². The van der Waals surface area contributed by atoms with Gasteiger partial charge in [-0.05, 0) is 75.4 Å². The van der Waals surface area contributed by atoms with Crippen LogP contribution in [0.15, 0.2) is 18.2 Å². The van der Waals surface area contributed by atoms with Crippen LogP contribution < -0.4 is 10.6 Å². The van der Waals surface area contributed by atoms with Crippen molar-refractivity contribution in [2.45, 2.75) is 76.2 Å². The summed E-state index contributed by atoms with van der Waals surface area (Å²) in [6.07, 6.45) is 7.86. The number of amides is 2. The van der Waals surface area contributed by atoms with Crippen LogP contribution in [0.5, 0.6) is 0 Å². The van der Waals surface area contributed by atoms with E-state index in [9.17, 15) is 18.8 Å². The lowest BCUT2D eigenvalue weighted by molar-refractivity contribution is -0.137. The Kier molecular flexibility index (Phi) is 9.02. The van der Waals surface area contributed by atoms with E-state index in [2.05, 4.69) is 15.5 Å². The Bertz CT molecular complexity index is 808. The largest absolute Gasteiger partial charge is 0.481 e. The van der Waals surface area contributed by atoms with Gasteiger partial charge < -0.3 is 15.3 Å². The van der Waals surface area contributed by atoms with Crippen LogP contribution in [0.3, 0.4) is 0 Å². The Balaban J connectivity index is 1.38. The van der Waals surface area contributed by atoms with Gasteiger partial charge in [-0.2, -0.15) is 0 Å². The topological polar surface area (TPSA) is 98.7 Å². The molecule has 1 aromatic carbocycles. The Labute approximate surface area is 188 Å². The third-order valence-corrected chi connectivity index (χ3v) is 6.47. The third-order valence-electron chi connectivity index (χ3n) is 6.47. The van der Waals surface area contributed by atoms with E-state index in [4.69, 9.17) is 5.11 Å². The molecule has 2 fully saturated rings. The number of carbonyl (C=O) groups excluding carboxylic acids is 2. The van der Waals surface area contributed by atoms with Gasteiger partial charge in [-0.15, -0.1) is 0 Å². The van der Waals surface area contributed by atoms with Crippen LogP contribution >= 0.6 is 0 Å². The second-order valence-corrected chi connectivity index (χ2v) is 8.91. The summed E-state index contributed by atoms with van der Waals surface area (Å²) in [5.74, 6) is -1.39. The number of carbonyl (C=O) groups is 3. The van der Waals surface area contributed by atoms with E-state index >= 15 is 0 Å².